The van der Waals surface area contributed by atoms with Gasteiger partial charge in [0.25, 0.3) is 0 Å². The first-order valence-electron chi connectivity index (χ1n) is 5.75. The fraction of sp³-hybridized carbons (Fsp3) is 0.909. The van der Waals surface area contributed by atoms with E-state index in [1.165, 1.54) is 12.8 Å². The summed E-state index contributed by atoms with van der Waals surface area (Å²) >= 11 is 0. The first-order chi connectivity index (χ1) is 6.75. The summed E-state index contributed by atoms with van der Waals surface area (Å²) in [6.07, 6.45) is 3.39. The first kappa shape index (κ1) is 11.5. The number of piperazine rings is 1. The van der Waals surface area contributed by atoms with Crippen molar-refractivity contribution in [3.05, 3.63) is 0 Å². The van der Waals surface area contributed by atoms with Crippen LogP contribution in [0.5, 0.6) is 0 Å². The third-order valence-electron chi connectivity index (χ3n) is 2.84. The highest BCUT2D eigenvalue weighted by molar-refractivity contribution is 5.78. The lowest BCUT2D eigenvalue weighted by Crippen LogP contribution is -2.48. The molecular weight excluding hydrogens is 176 g/mol. The third-order valence-corrected chi connectivity index (χ3v) is 2.84. The average molecular weight is 198 g/mol. The van der Waals surface area contributed by atoms with Gasteiger partial charge in [0.2, 0.25) is 5.91 Å². The van der Waals surface area contributed by atoms with Crippen LogP contribution in [-0.2, 0) is 4.79 Å². The van der Waals surface area contributed by atoms with Gasteiger partial charge in [-0.1, -0.05) is 26.7 Å². The third kappa shape index (κ3) is 3.29. The Balaban J connectivity index is 2.30. The van der Waals surface area contributed by atoms with Gasteiger partial charge in [-0.3, -0.25) is 4.79 Å². The van der Waals surface area contributed by atoms with E-state index in [4.69, 9.17) is 0 Å². The van der Waals surface area contributed by atoms with E-state index < -0.39 is 0 Å². The molecular formula is C11H22N2O. The van der Waals surface area contributed by atoms with E-state index >= 15 is 0 Å². The molecule has 0 spiro atoms. The van der Waals surface area contributed by atoms with Crippen molar-refractivity contribution in [2.75, 3.05) is 26.2 Å². The molecule has 0 bridgehead atoms. The molecule has 1 rings (SSSR count). The molecule has 0 saturated carbocycles. The summed E-state index contributed by atoms with van der Waals surface area (Å²) < 4.78 is 0. The minimum atomic E-state index is 0.216. The topological polar surface area (TPSA) is 32.3 Å². The Morgan fingerprint density at radius 2 is 2.07 bits per heavy atom. The van der Waals surface area contributed by atoms with Crippen LogP contribution in [0.3, 0.4) is 0 Å². The second-order valence-corrected chi connectivity index (χ2v) is 4.12. The van der Waals surface area contributed by atoms with Crippen LogP contribution in [0.15, 0.2) is 0 Å². The Kier molecular flexibility index (Phi) is 4.94. The lowest BCUT2D eigenvalue weighted by Gasteiger charge is -2.29. The molecule has 1 atom stereocenters. The Morgan fingerprint density at radius 1 is 1.43 bits per heavy atom. The quantitative estimate of drug-likeness (QED) is 0.737. The minimum Gasteiger partial charge on any atom is -0.340 e. The molecule has 1 saturated heterocycles. The van der Waals surface area contributed by atoms with Crippen molar-refractivity contribution in [2.24, 2.45) is 5.92 Å². The molecule has 0 aromatic rings. The largest absolute Gasteiger partial charge is 0.340 e. The van der Waals surface area contributed by atoms with Crippen LogP contribution in [0.25, 0.3) is 0 Å². The van der Waals surface area contributed by atoms with E-state index in [1.54, 1.807) is 0 Å². The molecule has 1 amide bonds. The van der Waals surface area contributed by atoms with Crippen molar-refractivity contribution < 1.29 is 4.79 Å². The molecule has 14 heavy (non-hydrogen) atoms. The fourth-order valence-electron chi connectivity index (χ4n) is 1.83. The van der Waals surface area contributed by atoms with E-state index in [0.717, 1.165) is 32.6 Å². The van der Waals surface area contributed by atoms with Crippen molar-refractivity contribution in [1.29, 1.82) is 0 Å². The molecule has 1 aliphatic rings. The second kappa shape index (κ2) is 6.02. The van der Waals surface area contributed by atoms with Crippen molar-refractivity contribution in [3.63, 3.8) is 0 Å². The molecule has 1 unspecified atom stereocenters. The number of hydrogen-bond acceptors (Lipinski definition) is 2. The fourth-order valence-corrected chi connectivity index (χ4v) is 1.83. The Bertz CT molecular complexity index is 176. The van der Waals surface area contributed by atoms with Gasteiger partial charge < -0.3 is 10.2 Å². The maximum Gasteiger partial charge on any atom is 0.225 e. The highest BCUT2D eigenvalue weighted by Gasteiger charge is 2.20. The first-order valence-corrected chi connectivity index (χ1v) is 5.75. The summed E-state index contributed by atoms with van der Waals surface area (Å²) in [4.78, 5) is 13.9. The monoisotopic (exact) mass is 198 g/mol. The van der Waals surface area contributed by atoms with Gasteiger partial charge in [0.05, 0.1) is 0 Å². The molecule has 0 aliphatic carbocycles. The van der Waals surface area contributed by atoms with Gasteiger partial charge in [0.1, 0.15) is 0 Å². The maximum absolute atomic E-state index is 11.9. The lowest BCUT2D eigenvalue weighted by molar-refractivity contribution is -0.135. The molecule has 82 valence electrons. The molecule has 1 N–H and O–H groups in total. The van der Waals surface area contributed by atoms with Crippen molar-refractivity contribution in [2.45, 2.75) is 33.1 Å². The zero-order chi connectivity index (χ0) is 10.4. The number of rotatable bonds is 4. The average Bonchev–Trinajstić information content (AvgIpc) is 2.26. The molecule has 1 heterocycles. The summed E-state index contributed by atoms with van der Waals surface area (Å²) in [5.41, 5.74) is 0. The smallest absolute Gasteiger partial charge is 0.225 e. The molecule has 3 heteroatoms. The summed E-state index contributed by atoms with van der Waals surface area (Å²) in [5.74, 6) is 0.563. The van der Waals surface area contributed by atoms with E-state index in [9.17, 15) is 4.79 Å². The van der Waals surface area contributed by atoms with Gasteiger partial charge in [-0.25, -0.2) is 0 Å². The van der Waals surface area contributed by atoms with Gasteiger partial charge in [0.15, 0.2) is 0 Å². The van der Waals surface area contributed by atoms with Crippen molar-refractivity contribution in [1.82, 2.24) is 10.2 Å². The summed E-state index contributed by atoms with van der Waals surface area (Å²) in [6.45, 7) is 7.89. The highest BCUT2D eigenvalue weighted by atomic mass is 16.2. The van der Waals surface area contributed by atoms with Crippen LogP contribution in [0.4, 0.5) is 0 Å². The normalized spacial score (nSPS) is 19.4. The molecule has 1 aliphatic heterocycles. The molecule has 0 aromatic heterocycles. The Labute approximate surface area is 86.9 Å². The molecule has 0 radical (unpaired) electrons. The minimum absolute atomic E-state index is 0.216. The number of carbonyl (C=O) groups is 1. The number of amides is 1. The van der Waals surface area contributed by atoms with Gasteiger partial charge in [0, 0.05) is 32.1 Å². The zero-order valence-corrected chi connectivity index (χ0v) is 9.38. The van der Waals surface area contributed by atoms with Crippen molar-refractivity contribution >= 4 is 5.91 Å². The van der Waals surface area contributed by atoms with E-state index in [1.807, 2.05) is 4.90 Å². The molecule has 3 nitrogen and oxygen atoms in total. The van der Waals surface area contributed by atoms with Crippen LogP contribution >= 0.6 is 0 Å². The van der Waals surface area contributed by atoms with Gasteiger partial charge in [-0.2, -0.15) is 0 Å². The Hall–Kier alpha value is -0.570. The van der Waals surface area contributed by atoms with E-state index in [-0.39, 0.29) is 5.92 Å². The lowest BCUT2D eigenvalue weighted by atomic mass is 10.0. The van der Waals surface area contributed by atoms with Crippen LogP contribution < -0.4 is 5.32 Å². The summed E-state index contributed by atoms with van der Waals surface area (Å²) in [5, 5.41) is 3.26. The van der Waals surface area contributed by atoms with Crippen LogP contribution in [0.2, 0.25) is 0 Å². The SMILES string of the molecule is CCCCC(C)C(=O)N1CCNCC1. The second-order valence-electron chi connectivity index (χ2n) is 4.12. The number of carbonyl (C=O) groups excluding carboxylic acids is 1. The Morgan fingerprint density at radius 3 is 2.64 bits per heavy atom. The zero-order valence-electron chi connectivity index (χ0n) is 9.38. The number of unbranched alkanes of at least 4 members (excludes halogenated alkanes) is 1. The van der Waals surface area contributed by atoms with Gasteiger partial charge >= 0.3 is 0 Å². The molecule has 1 fully saturated rings. The standard InChI is InChI=1S/C11H22N2O/c1-3-4-5-10(2)11(14)13-8-6-12-7-9-13/h10,12H,3-9H2,1-2H3. The number of nitrogens with zero attached hydrogens (tertiary/aromatic N) is 1. The highest BCUT2D eigenvalue weighted by Crippen LogP contribution is 2.11. The van der Waals surface area contributed by atoms with Gasteiger partial charge in [-0.05, 0) is 6.42 Å². The number of nitrogens with one attached hydrogen (secondary N) is 1. The summed E-state index contributed by atoms with van der Waals surface area (Å²) in [6, 6.07) is 0. The van der Waals surface area contributed by atoms with Crippen molar-refractivity contribution in [3.8, 4) is 0 Å². The predicted octanol–water partition coefficient (Wildman–Crippen LogP) is 1.24. The predicted molar refractivity (Wildman–Crippen MR) is 58.1 cm³/mol. The maximum atomic E-state index is 11.9. The van der Waals surface area contributed by atoms with Gasteiger partial charge in [-0.15, -0.1) is 0 Å². The summed E-state index contributed by atoms with van der Waals surface area (Å²) in [7, 11) is 0. The van der Waals surface area contributed by atoms with E-state index in [2.05, 4.69) is 19.2 Å². The number of hydrogen-bond donors (Lipinski definition) is 1. The van der Waals surface area contributed by atoms with Crippen LogP contribution in [0.1, 0.15) is 33.1 Å². The van der Waals surface area contributed by atoms with Crippen LogP contribution in [0, 0.1) is 5.92 Å². The van der Waals surface area contributed by atoms with E-state index in [0.29, 0.717) is 5.91 Å². The van der Waals surface area contributed by atoms with Crippen LogP contribution in [-0.4, -0.2) is 37.0 Å². The molecule has 0 aromatic carbocycles.